The van der Waals surface area contributed by atoms with Crippen LogP contribution in [0.25, 0.3) is 0 Å². The average Bonchev–Trinajstić information content (AvgIpc) is 2.48. The number of aromatic nitrogens is 2. The van der Waals surface area contributed by atoms with Gasteiger partial charge < -0.3 is 0 Å². The van der Waals surface area contributed by atoms with Gasteiger partial charge in [-0.1, -0.05) is 16.2 Å². The van der Waals surface area contributed by atoms with Gasteiger partial charge in [-0.2, -0.15) is 5.10 Å². The number of H-pyrrole nitrogens is 1. The van der Waals surface area contributed by atoms with E-state index in [4.69, 9.17) is 0 Å². The Balaban J connectivity index is 2.11. The van der Waals surface area contributed by atoms with Gasteiger partial charge in [0.15, 0.2) is 0 Å². The molecule has 0 bridgehead atoms. The van der Waals surface area contributed by atoms with Crippen molar-refractivity contribution in [2.45, 2.75) is 26.3 Å². The van der Waals surface area contributed by atoms with E-state index in [1.807, 2.05) is 0 Å². The first kappa shape index (κ1) is 9.17. The van der Waals surface area contributed by atoms with Crippen molar-refractivity contribution >= 4 is 14.7 Å². The molecule has 0 radical (unpaired) electrons. The molecule has 0 fully saturated rings. The highest BCUT2D eigenvalue weighted by Crippen LogP contribution is 2.15. The van der Waals surface area contributed by atoms with Gasteiger partial charge in [0.05, 0.1) is 11.1 Å². The first-order valence-electron chi connectivity index (χ1n) is 4.85. The Kier molecular flexibility index (Phi) is 2.66. The molecule has 72 valence electrons. The first-order valence-corrected chi connectivity index (χ1v) is 5.43. The molecule has 0 saturated carbocycles. The molecule has 13 heavy (non-hydrogen) atoms. The van der Waals surface area contributed by atoms with Gasteiger partial charge in [-0.15, -0.1) is 0 Å². The van der Waals surface area contributed by atoms with E-state index in [1.54, 1.807) is 0 Å². The third-order valence-electron chi connectivity index (χ3n) is 2.58. The Morgan fingerprint density at radius 2 is 2.46 bits per heavy atom. The molecule has 2 rings (SSSR count). The summed E-state index contributed by atoms with van der Waals surface area (Å²) in [6.45, 7) is 5.65. The maximum Gasteiger partial charge on any atom is 0.0822 e. The number of aromatic amines is 1. The number of fused-ring (bicyclic) bond motifs is 1. The van der Waals surface area contributed by atoms with Crippen LogP contribution in [0, 0.1) is 0 Å². The van der Waals surface area contributed by atoms with Crippen molar-refractivity contribution in [3.8, 4) is 0 Å². The standard InChI is InChI=1S/C9H16N3P/c1-2-4-12-5-3-7-8(6-12)10-11-9(7)13/h2-6,13H2,1H3,(H,10,11). The van der Waals surface area contributed by atoms with Crippen LogP contribution in [0.15, 0.2) is 0 Å². The van der Waals surface area contributed by atoms with Crippen LogP contribution in [0.5, 0.6) is 0 Å². The van der Waals surface area contributed by atoms with Crippen molar-refractivity contribution in [3.05, 3.63) is 11.3 Å². The zero-order chi connectivity index (χ0) is 9.26. The molecular formula is C9H16N3P. The van der Waals surface area contributed by atoms with Crippen molar-refractivity contribution in [2.24, 2.45) is 0 Å². The maximum atomic E-state index is 4.20. The molecule has 0 amide bonds. The predicted octanol–water partition coefficient (Wildman–Crippen LogP) is 0.678. The zero-order valence-corrected chi connectivity index (χ0v) is 9.16. The topological polar surface area (TPSA) is 31.9 Å². The second kappa shape index (κ2) is 3.77. The summed E-state index contributed by atoms with van der Waals surface area (Å²) in [6, 6.07) is 0. The highest BCUT2D eigenvalue weighted by Gasteiger charge is 2.18. The van der Waals surface area contributed by atoms with Gasteiger partial charge >= 0.3 is 0 Å². The Morgan fingerprint density at radius 1 is 1.62 bits per heavy atom. The normalized spacial score (nSPS) is 17.4. The van der Waals surface area contributed by atoms with Gasteiger partial charge in [0.2, 0.25) is 0 Å². The van der Waals surface area contributed by atoms with Crippen LogP contribution in [-0.4, -0.2) is 28.2 Å². The molecule has 0 aliphatic carbocycles. The summed E-state index contributed by atoms with van der Waals surface area (Å²) in [6.07, 6.45) is 2.38. The Morgan fingerprint density at radius 3 is 3.23 bits per heavy atom. The van der Waals surface area contributed by atoms with Crippen LogP contribution in [0.1, 0.15) is 24.6 Å². The number of rotatable bonds is 2. The molecule has 1 aromatic rings. The van der Waals surface area contributed by atoms with E-state index >= 15 is 0 Å². The summed E-state index contributed by atoms with van der Waals surface area (Å²) >= 11 is 0. The Hall–Kier alpha value is -0.400. The fraction of sp³-hybridized carbons (Fsp3) is 0.667. The third-order valence-corrected chi connectivity index (χ3v) is 3.06. The van der Waals surface area contributed by atoms with Crippen LogP contribution in [-0.2, 0) is 13.0 Å². The average molecular weight is 197 g/mol. The van der Waals surface area contributed by atoms with E-state index in [0.29, 0.717) is 0 Å². The maximum absolute atomic E-state index is 4.20. The van der Waals surface area contributed by atoms with Crippen LogP contribution < -0.4 is 5.44 Å². The molecule has 0 saturated heterocycles. The molecule has 2 heterocycles. The van der Waals surface area contributed by atoms with Crippen molar-refractivity contribution in [1.29, 1.82) is 0 Å². The number of hydrogen-bond acceptors (Lipinski definition) is 2. The van der Waals surface area contributed by atoms with Gasteiger partial charge in [0, 0.05) is 18.7 Å². The SMILES string of the molecule is CCCN1CCc2c(P)n[nH]c2C1. The molecule has 1 N–H and O–H groups in total. The van der Waals surface area contributed by atoms with E-state index in [1.165, 1.54) is 30.8 Å². The lowest BCUT2D eigenvalue weighted by atomic mass is 10.1. The summed E-state index contributed by atoms with van der Waals surface area (Å²) in [5.41, 5.74) is 3.83. The minimum Gasteiger partial charge on any atom is -0.297 e. The predicted molar refractivity (Wildman–Crippen MR) is 57.2 cm³/mol. The largest absolute Gasteiger partial charge is 0.297 e. The minimum atomic E-state index is 1.05. The van der Waals surface area contributed by atoms with Crippen molar-refractivity contribution in [2.75, 3.05) is 13.1 Å². The van der Waals surface area contributed by atoms with Gasteiger partial charge in [-0.3, -0.25) is 10.00 Å². The molecule has 1 aliphatic heterocycles. The van der Waals surface area contributed by atoms with Gasteiger partial charge in [0.1, 0.15) is 0 Å². The van der Waals surface area contributed by atoms with E-state index in [9.17, 15) is 0 Å². The second-order valence-electron chi connectivity index (χ2n) is 3.59. The molecular weight excluding hydrogens is 181 g/mol. The summed E-state index contributed by atoms with van der Waals surface area (Å²) in [5.74, 6) is 0. The minimum absolute atomic E-state index is 1.05. The lowest BCUT2D eigenvalue weighted by molar-refractivity contribution is 0.252. The van der Waals surface area contributed by atoms with Gasteiger partial charge in [0.25, 0.3) is 0 Å². The third kappa shape index (κ3) is 1.77. The molecule has 0 spiro atoms. The smallest absolute Gasteiger partial charge is 0.0822 e. The molecule has 1 unspecified atom stereocenters. The fourth-order valence-corrected chi connectivity index (χ4v) is 2.29. The lowest BCUT2D eigenvalue weighted by Gasteiger charge is -2.25. The van der Waals surface area contributed by atoms with E-state index in [0.717, 1.165) is 18.4 Å². The highest BCUT2D eigenvalue weighted by molar-refractivity contribution is 7.27. The Labute approximate surface area is 81.1 Å². The van der Waals surface area contributed by atoms with Crippen molar-refractivity contribution in [1.82, 2.24) is 15.1 Å². The number of nitrogens with zero attached hydrogens (tertiary/aromatic N) is 2. The molecule has 1 atom stereocenters. The molecule has 1 aromatic heterocycles. The zero-order valence-electron chi connectivity index (χ0n) is 8.01. The monoisotopic (exact) mass is 197 g/mol. The quantitative estimate of drug-likeness (QED) is 0.707. The van der Waals surface area contributed by atoms with Crippen LogP contribution in [0.2, 0.25) is 0 Å². The fourth-order valence-electron chi connectivity index (χ4n) is 1.91. The van der Waals surface area contributed by atoms with E-state index in [2.05, 4.69) is 31.3 Å². The number of hydrogen-bond donors (Lipinski definition) is 1. The summed E-state index contributed by atoms with van der Waals surface area (Å²) in [4.78, 5) is 2.48. The Bertz CT molecular complexity index is 295. The van der Waals surface area contributed by atoms with Crippen LogP contribution >= 0.6 is 9.24 Å². The molecule has 4 heteroatoms. The summed E-state index contributed by atoms with van der Waals surface area (Å²) in [7, 11) is 2.69. The van der Waals surface area contributed by atoms with Crippen molar-refractivity contribution in [3.63, 3.8) is 0 Å². The molecule has 0 aromatic carbocycles. The van der Waals surface area contributed by atoms with Gasteiger partial charge in [-0.25, -0.2) is 0 Å². The molecule has 1 aliphatic rings. The van der Waals surface area contributed by atoms with Crippen LogP contribution in [0.3, 0.4) is 0 Å². The highest BCUT2D eigenvalue weighted by atomic mass is 31.0. The second-order valence-corrected chi connectivity index (χ2v) is 4.14. The van der Waals surface area contributed by atoms with E-state index in [-0.39, 0.29) is 0 Å². The van der Waals surface area contributed by atoms with Crippen LogP contribution in [0.4, 0.5) is 0 Å². The van der Waals surface area contributed by atoms with Gasteiger partial charge in [-0.05, 0) is 19.4 Å². The molecule has 3 nitrogen and oxygen atoms in total. The summed E-state index contributed by atoms with van der Waals surface area (Å²) in [5, 5.41) is 7.31. The lowest BCUT2D eigenvalue weighted by Crippen LogP contribution is -2.31. The van der Waals surface area contributed by atoms with E-state index < -0.39 is 0 Å². The van der Waals surface area contributed by atoms with Crippen molar-refractivity contribution < 1.29 is 0 Å². The summed E-state index contributed by atoms with van der Waals surface area (Å²) < 4.78 is 0. The first-order chi connectivity index (χ1) is 6.31. The number of nitrogens with one attached hydrogen (secondary N) is 1.